The molecule has 0 aliphatic carbocycles. The summed E-state index contributed by atoms with van der Waals surface area (Å²) in [6.07, 6.45) is 2.22. The number of aromatic nitrogens is 3. The van der Waals surface area contributed by atoms with E-state index >= 15 is 4.39 Å². The molecule has 3 aromatic carbocycles. The van der Waals surface area contributed by atoms with E-state index in [4.69, 9.17) is 18.6 Å². The number of hydrogen-bond donors (Lipinski definition) is 1. The van der Waals surface area contributed by atoms with Crippen molar-refractivity contribution in [2.45, 2.75) is 12.8 Å². The molecule has 1 aliphatic heterocycles. The van der Waals surface area contributed by atoms with Gasteiger partial charge in [-0.25, -0.2) is 8.78 Å². The Kier molecular flexibility index (Phi) is 9.83. The molecule has 13 heteroatoms. The Morgan fingerprint density at radius 2 is 1.74 bits per heavy atom. The lowest BCUT2D eigenvalue weighted by molar-refractivity contribution is -0.115. The van der Waals surface area contributed by atoms with Gasteiger partial charge in [-0.3, -0.25) is 9.78 Å². The molecule has 1 aliphatic rings. The quantitative estimate of drug-likeness (QED) is 0.173. The number of amides is 1. The third-order valence-corrected chi connectivity index (χ3v) is 7.76. The lowest BCUT2D eigenvalue weighted by Gasteiger charge is -2.32. The summed E-state index contributed by atoms with van der Waals surface area (Å²) in [6, 6.07) is 14.8. The highest BCUT2D eigenvalue weighted by molar-refractivity contribution is 5.92. The van der Waals surface area contributed by atoms with E-state index < -0.39 is 17.5 Å². The molecule has 0 atom stereocenters. The zero-order valence-electron chi connectivity index (χ0n) is 26.0. The van der Waals surface area contributed by atoms with Crippen molar-refractivity contribution >= 4 is 22.5 Å². The number of nitrogens with one attached hydrogen (secondary N) is 1. The molecule has 0 radical (unpaired) electrons. The summed E-state index contributed by atoms with van der Waals surface area (Å²) in [6.45, 7) is 5.76. The fourth-order valence-corrected chi connectivity index (χ4v) is 5.19. The average Bonchev–Trinajstić information content (AvgIpc) is 3.53. The standard InChI is InChI=1S/C34H34F2N6O5/c1-41-13-15-42(16-14-41)12-3-17-45-31-20-27-25(19-30(31)44-2)28(10-11-37-27)46-29-9-8-24(18-26(29)36)38-32(43)21-33-39-40-34(47-33)22-4-6-23(35)7-5-22/h4-11,18-20H,3,12-17,21H2,1-2H3,(H,38,43). The van der Waals surface area contributed by atoms with Gasteiger partial charge in [0.2, 0.25) is 17.7 Å². The number of rotatable bonds is 12. The maximum atomic E-state index is 15.2. The molecule has 3 heterocycles. The minimum atomic E-state index is -0.684. The highest BCUT2D eigenvalue weighted by Gasteiger charge is 2.17. The number of methoxy groups -OCH3 is 1. The third-order valence-electron chi connectivity index (χ3n) is 7.76. The third kappa shape index (κ3) is 7.99. The Morgan fingerprint density at radius 1 is 0.936 bits per heavy atom. The second kappa shape index (κ2) is 14.5. The molecule has 5 aromatic rings. The van der Waals surface area contributed by atoms with Crippen LogP contribution in [0.4, 0.5) is 14.5 Å². The van der Waals surface area contributed by atoms with E-state index in [9.17, 15) is 9.18 Å². The van der Waals surface area contributed by atoms with Crippen molar-refractivity contribution in [3.63, 3.8) is 0 Å². The maximum absolute atomic E-state index is 15.2. The maximum Gasteiger partial charge on any atom is 0.247 e. The first-order valence-corrected chi connectivity index (χ1v) is 15.2. The smallest absolute Gasteiger partial charge is 0.247 e. The van der Waals surface area contributed by atoms with Gasteiger partial charge in [0, 0.05) is 67.7 Å². The molecule has 0 unspecified atom stereocenters. The highest BCUT2D eigenvalue weighted by atomic mass is 19.1. The van der Waals surface area contributed by atoms with Crippen LogP contribution in [0.3, 0.4) is 0 Å². The summed E-state index contributed by atoms with van der Waals surface area (Å²) >= 11 is 0. The van der Waals surface area contributed by atoms with E-state index in [1.807, 2.05) is 0 Å². The Hall–Kier alpha value is -5.14. The fourth-order valence-electron chi connectivity index (χ4n) is 5.19. The Bertz CT molecular complexity index is 1840. The Labute approximate surface area is 270 Å². The predicted molar refractivity (Wildman–Crippen MR) is 171 cm³/mol. The van der Waals surface area contributed by atoms with Crippen LogP contribution < -0.4 is 19.5 Å². The number of carbonyl (C=O) groups is 1. The summed E-state index contributed by atoms with van der Waals surface area (Å²) in [7, 11) is 3.70. The summed E-state index contributed by atoms with van der Waals surface area (Å²) in [4.78, 5) is 21.8. The van der Waals surface area contributed by atoms with Crippen molar-refractivity contribution in [2.24, 2.45) is 0 Å². The van der Waals surface area contributed by atoms with Gasteiger partial charge >= 0.3 is 0 Å². The normalized spacial score (nSPS) is 13.9. The van der Waals surface area contributed by atoms with E-state index in [-0.39, 0.29) is 29.6 Å². The molecule has 6 rings (SSSR count). The van der Waals surface area contributed by atoms with Crippen LogP contribution >= 0.6 is 0 Å². The SMILES string of the molecule is COc1cc2c(Oc3ccc(NC(=O)Cc4nnc(-c5ccc(F)cc5)o4)cc3F)ccnc2cc1OCCCN1CCN(C)CC1. The van der Waals surface area contributed by atoms with E-state index in [1.54, 1.807) is 31.5 Å². The number of ether oxygens (including phenoxy) is 3. The van der Waals surface area contributed by atoms with Gasteiger partial charge in [0.1, 0.15) is 18.0 Å². The van der Waals surface area contributed by atoms with Gasteiger partial charge < -0.3 is 33.7 Å². The molecular weight excluding hydrogens is 610 g/mol. The summed E-state index contributed by atoms with van der Waals surface area (Å²) in [5.74, 6) is 0.0595. The van der Waals surface area contributed by atoms with Crippen molar-refractivity contribution in [3.05, 3.63) is 84.4 Å². The molecule has 0 saturated carbocycles. The summed E-state index contributed by atoms with van der Waals surface area (Å²) in [5.41, 5.74) is 1.34. The topological polar surface area (TPSA) is 115 Å². The number of likely N-dealkylation sites (N-methyl/N-ethyl adjacent to an activating group) is 1. The number of fused-ring (bicyclic) bond motifs is 1. The van der Waals surface area contributed by atoms with E-state index in [2.05, 4.69) is 37.3 Å². The number of halogens is 2. The molecule has 0 bridgehead atoms. The molecular formula is C34H34F2N6O5. The van der Waals surface area contributed by atoms with Gasteiger partial charge in [-0.1, -0.05) is 0 Å². The van der Waals surface area contributed by atoms with Gasteiger partial charge in [0.15, 0.2) is 23.1 Å². The number of piperazine rings is 1. The molecule has 0 spiro atoms. The minimum absolute atomic E-state index is 0.0421. The number of nitrogens with zero attached hydrogens (tertiary/aromatic N) is 5. The van der Waals surface area contributed by atoms with Crippen LogP contribution in [0.5, 0.6) is 23.0 Å². The highest BCUT2D eigenvalue weighted by Crippen LogP contribution is 2.38. The zero-order valence-corrected chi connectivity index (χ0v) is 26.0. The van der Waals surface area contributed by atoms with Gasteiger partial charge in [-0.05, 0) is 62.0 Å². The molecule has 1 amide bonds. The first kappa shape index (κ1) is 31.8. The second-order valence-electron chi connectivity index (χ2n) is 11.2. The average molecular weight is 645 g/mol. The summed E-state index contributed by atoms with van der Waals surface area (Å²) in [5, 5.41) is 11.0. The molecule has 2 aromatic heterocycles. The zero-order chi connectivity index (χ0) is 32.8. The van der Waals surface area contributed by atoms with Gasteiger partial charge in [-0.15, -0.1) is 10.2 Å². The number of hydrogen-bond acceptors (Lipinski definition) is 10. The van der Waals surface area contributed by atoms with Crippen LogP contribution in [0.25, 0.3) is 22.4 Å². The van der Waals surface area contributed by atoms with Crippen molar-refractivity contribution in [3.8, 4) is 34.5 Å². The van der Waals surface area contributed by atoms with Crippen molar-refractivity contribution in [1.29, 1.82) is 0 Å². The number of benzene rings is 3. The van der Waals surface area contributed by atoms with Crippen molar-refractivity contribution in [2.75, 3.05) is 58.8 Å². The van der Waals surface area contributed by atoms with Crippen LogP contribution in [0.2, 0.25) is 0 Å². The Balaban J connectivity index is 1.07. The van der Waals surface area contributed by atoms with Gasteiger partial charge in [0.05, 0.1) is 19.2 Å². The molecule has 1 N–H and O–H groups in total. The van der Waals surface area contributed by atoms with Gasteiger partial charge in [-0.2, -0.15) is 0 Å². The number of pyridine rings is 1. The minimum Gasteiger partial charge on any atom is -0.493 e. The number of carbonyl (C=O) groups excluding carboxylic acids is 1. The molecule has 244 valence electrons. The van der Waals surface area contributed by atoms with E-state index in [0.717, 1.165) is 45.2 Å². The Morgan fingerprint density at radius 3 is 2.51 bits per heavy atom. The van der Waals surface area contributed by atoms with Crippen LogP contribution in [0, 0.1) is 11.6 Å². The van der Waals surface area contributed by atoms with Gasteiger partial charge in [0.25, 0.3) is 0 Å². The number of anilines is 1. The van der Waals surface area contributed by atoms with Crippen molar-refractivity contribution < 1.29 is 32.2 Å². The van der Waals surface area contributed by atoms with E-state index in [1.165, 1.54) is 36.4 Å². The van der Waals surface area contributed by atoms with Crippen molar-refractivity contribution in [1.82, 2.24) is 25.0 Å². The second-order valence-corrected chi connectivity index (χ2v) is 11.2. The molecule has 1 saturated heterocycles. The molecule has 47 heavy (non-hydrogen) atoms. The lowest BCUT2D eigenvalue weighted by atomic mass is 10.1. The van der Waals surface area contributed by atoms with Crippen LogP contribution in [0.1, 0.15) is 12.3 Å². The summed E-state index contributed by atoms with van der Waals surface area (Å²) < 4.78 is 51.5. The van der Waals surface area contributed by atoms with Crippen LogP contribution in [-0.2, 0) is 11.2 Å². The van der Waals surface area contributed by atoms with Crippen LogP contribution in [0.15, 0.2) is 71.3 Å². The first-order valence-electron chi connectivity index (χ1n) is 15.2. The largest absolute Gasteiger partial charge is 0.493 e. The van der Waals surface area contributed by atoms with E-state index in [0.29, 0.717) is 40.3 Å². The van der Waals surface area contributed by atoms with Crippen LogP contribution in [-0.4, -0.2) is 84.4 Å². The molecule has 1 fully saturated rings. The monoisotopic (exact) mass is 644 g/mol. The lowest BCUT2D eigenvalue weighted by Crippen LogP contribution is -2.44. The first-order chi connectivity index (χ1) is 22.8. The predicted octanol–water partition coefficient (Wildman–Crippen LogP) is 5.56. The molecule has 11 nitrogen and oxygen atoms in total. The fraction of sp³-hybridized carbons (Fsp3) is 0.294.